The first-order valence-corrected chi connectivity index (χ1v) is 39.1. The number of fused-ring (bicyclic) bond motifs is 2. The molecule has 6 heterocycles. The summed E-state index contributed by atoms with van der Waals surface area (Å²) in [5.74, 6) is 6.36. The zero-order valence-electron chi connectivity index (χ0n) is 55.6. The quantitative estimate of drug-likeness (QED) is 0.0386. The molecule has 0 spiro atoms. The molecule has 18 nitrogen and oxygen atoms in total. The van der Waals surface area contributed by atoms with Crippen LogP contribution in [0.2, 0.25) is 0 Å². The molecule has 12 aromatic rings. The number of likely N-dealkylation sites (tertiary alicyclic amines) is 2. The number of primary amides is 2. The van der Waals surface area contributed by atoms with E-state index in [1.54, 1.807) is 67.6 Å². The van der Waals surface area contributed by atoms with Gasteiger partial charge in [-0.15, -0.1) is 6.42 Å². The second-order valence-corrected chi connectivity index (χ2v) is 30.6. The van der Waals surface area contributed by atoms with Gasteiger partial charge in [-0.05, 0) is 107 Å². The number of rotatable bonds is 12. The molecular weight excluding hydrogens is 1580 g/mol. The smallest absolute Gasteiger partial charge is 0.0134 e. The number of methoxy groups -OCH3 is 2. The molecule has 0 radical (unpaired) electrons. The van der Waals surface area contributed by atoms with Crippen LogP contribution in [0.15, 0.2) is 255 Å². The van der Waals surface area contributed by atoms with Crippen LogP contribution < -0.4 is 52.8 Å². The molecule has 2 fully saturated rings. The summed E-state index contributed by atoms with van der Waals surface area (Å²) >= 11 is 2.11. The fraction of sp³-hybridized carbons (Fsp3) is 0.139. The van der Waals surface area contributed by atoms with Crippen molar-refractivity contribution in [3.63, 3.8) is 0 Å². The standard InChI is InChI=1S/C21H19N5O4.2C18H15P.C14H11IN4O2.C7H9NO2.CH4.2ClH.Pd/c1-25-9-8-21(29,20(25)28)7-6-13-4-3-5-14(10-13)26-16-12-23-17(30-2)11-15(16)18(24-26)19(22)27;2*1-4-10-16(11-5-1)19(17-12-6-2-7-13-17)18-14-8-3-9-15-18;1-21-12-6-10-11(7-17-12)19(18-13(10)14(16)20)9-4-2-3-8(15)5-9;1-3-7(10)4-5-8(2)6(7)9;;;;/h3-5,10-12,29H,8-9H2,1-2H3,(H2,22,27);2*1-15H;2-7H,1H3,(H2,16,20);1,10H,4-5H2,2H3;1H4;2*1H;/q;;;;;;;;+2/p-2/t21-;;;;7-;;;;/m0...0..../s1. The molecule has 4 aromatic heterocycles. The molecule has 0 unspecified atom stereocenters. The maximum atomic E-state index is 12.1. The molecular formula is C79H73Cl2IN10O8P2Pd. The Balaban J connectivity index is 0.000000166. The number of carbonyl (C=O) groups is 4. The third-order valence-corrected chi connectivity index (χ3v) is 21.4. The molecule has 24 heteroatoms. The number of ether oxygens (including phenoxy) is 2. The van der Waals surface area contributed by atoms with E-state index in [0.717, 1.165) is 9.26 Å². The maximum Gasteiger partial charge on any atom is -0.0134 e. The van der Waals surface area contributed by atoms with Crippen molar-refractivity contribution in [2.75, 3.05) is 41.4 Å². The molecule has 4 amide bonds. The molecule has 2 aliphatic heterocycles. The fourth-order valence-electron chi connectivity index (χ4n) is 10.8. The third kappa shape index (κ3) is 20.2. The summed E-state index contributed by atoms with van der Waals surface area (Å²) < 4.78 is 14.5. The molecule has 528 valence electrons. The summed E-state index contributed by atoms with van der Waals surface area (Å²) in [6.07, 6.45) is 8.74. The summed E-state index contributed by atoms with van der Waals surface area (Å²) in [6, 6.07) is 82.7. The molecule has 8 aromatic carbocycles. The number of halogens is 3. The van der Waals surface area contributed by atoms with Gasteiger partial charge in [0.15, 0.2) is 11.4 Å². The first-order chi connectivity index (χ1) is 49.3. The number of hydrogen-bond donors (Lipinski definition) is 4. The van der Waals surface area contributed by atoms with E-state index in [1.807, 2.05) is 24.3 Å². The Morgan fingerprint density at radius 3 is 1.16 bits per heavy atom. The van der Waals surface area contributed by atoms with Crippen LogP contribution >= 0.6 is 57.5 Å². The van der Waals surface area contributed by atoms with Gasteiger partial charge in [0.1, 0.15) is 0 Å². The average molecular weight is 1660 g/mol. The van der Waals surface area contributed by atoms with Gasteiger partial charge in [-0.25, -0.2) is 19.3 Å². The van der Waals surface area contributed by atoms with Gasteiger partial charge < -0.3 is 41.0 Å². The predicted octanol–water partition coefficient (Wildman–Crippen LogP) is 10.7. The Bertz CT molecular complexity index is 4640. The van der Waals surface area contributed by atoms with Gasteiger partial charge in [-0.3, -0.25) is 19.2 Å². The van der Waals surface area contributed by atoms with E-state index in [9.17, 15) is 29.4 Å². The zero-order valence-corrected chi connectivity index (χ0v) is 62.6. The Kier molecular flexibility index (Phi) is 29.2. The van der Waals surface area contributed by atoms with Crippen LogP contribution in [-0.4, -0.2) is 126 Å². The number of nitrogens with zero attached hydrogens (tertiary/aromatic N) is 8. The van der Waals surface area contributed by atoms with Gasteiger partial charge in [0.05, 0.1) is 49.0 Å². The number of terminal acetylenes is 1. The van der Waals surface area contributed by atoms with Crippen molar-refractivity contribution in [1.82, 2.24) is 39.3 Å². The minimum absolute atomic E-state index is 0. The van der Waals surface area contributed by atoms with E-state index in [2.05, 4.69) is 243 Å². The van der Waals surface area contributed by atoms with E-state index in [1.165, 1.54) is 60.5 Å². The second kappa shape index (κ2) is 38.0. The van der Waals surface area contributed by atoms with E-state index in [4.69, 9.17) is 46.4 Å². The van der Waals surface area contributed by atoms with E-state index in [-0.39, 0.29) is 47.1 Å². The van der Waals surface area contributed by atoms with Crippen molar-refractivity contribution < 1.29 is 54.8 Å². The van der Waals surface area contributed by atoms with Gasteiger partial charge in [0, 0.05) is 72.1 Å². The Hall–Kier alpha value is -9.65. The summed E-state index contributed by atoms with van der Waals surface area (Å²) in [6.45, 7) is 0.995. The Morgan fingerprint density at radius 1 is 0.534 bits per heavy atom. The minimum Gasteiger partial charge on any atom is -0.0622 e. The SMILES string of the molecule is C.C#C[C@]1(O)CCN(C)C1=O.COc1cc2c(C(N)=O)nn(-c3cccc(C#C[C@]4(O)CCN(C)C4=O)c3)c2cn1.COc1cc2c(C(N)=O)nn(-c3cccc(I)c3)c2cn1.[Cl][Pd][Cl].c1ccc(P(c2ccccc2)c2ccccc2)cc1.c1ccc(P(c2ccccc2)c2ccccc2)cc1. The van der Waals surface area contributed by atoms with Crippen LogP contribution in [0, 0.1) is 27.8 Å². The minimum atomic E-state index is -1.68. The van der Waals surface area contributed by atoms with Crippen molar-refractivity contribution in [3.8, 4) is 47.3 Å². The number of benzene rings is 8. The van der Waals surface area contributed by atoms with Crippen molar-refractivity contribution in [1.29, 1.82) is 0 Å². The molecule has 2 aliphatic rings. The predicted molar refractivity (Wildman–Crippen MR) is 419 cm³/mol. The van der Waals surface area contributed by atoms with Crippen LogP contribution in [0.3, 0.4) is 0 Å². The van der Waals surface area contributed by atoms with Crippen LogP contribution in [-0.2, 0) is 25.5 Å². The molecule has 0 aliphatic carbocycles. The normalized spacial score (nSPS) is 14.8. The summed E-state index contributed by atoms with van der Waals surface area (Å²) in [5, 5.41) is 38.0. The number of amides is 4. The van der Waals surface area contributed by atoms with Crippen molar-refractivity contribution in [3.05, 3.63) is 276 Å². The second-order valence-electron chi connectivity index (χ2n) is 22.6. The van der Waals surface area contributed by atoms with Gasteiger partial charge in [0.2, 0.25) is 23.0 Å². The van der Waals surface area contributed by atoms with Crippen molar-refractivity contribution in [2.24, 2.45) is 11.5 Å². The Labute approximate surface area is 631 Å². The molecule has 14 rings (SSSR count). The Morgan fingerprint density at radius 2 is 0.864 bits per heavy atom. The first-order valence-electron chi connectivity index (χ1n) is 31.3. The van der Waals surface area contributed by atoms with Crippen molar-refractivity contribution >= 4 is 135 Å². The number of carbonyl (C=O) groups excluding carboxylic acids is 4. The molecule has 2 atom stereocenters. The topological polar surface area (TPSA) is 247 Å². The summed E-state index contributed by atoms with van der Waals surface area (Å²) in [5.41, 5.74) is 11.3. The summed E-state index contributed by atoms with van der Waals surface area (Å²) in [7, 11) is 15.0. The number of likely N-dealkylation sites (N-methyl/N-ethyl adjacent to an activating group) is 2. The summed E-state index contributed by atoms with van der Waals surface area (Å²) in [4.78, 5) is 57.8. The van der Waals surface area contributed by atoms with Crippen LogP contribution in [0.4, 0.5) is 0 Å². The van der Waals surface area contributed by atoms with Gasteiger partial charge in [-0.2, -0.15) is 10.2 Å². The van der Waals surface area contributed by atoms with Crippen LogP contribution in [0.25, 0.3) is 33.2 Å². The van der Waals surface area contributed by atoms with Gasteiger partial charge in [0.25, 0.3) is 23.6 Å². The zero-order chi connectivity index (χ0) is 72.8. The third-order valence-electron chi connectivity index (χ3n) is 15.9. The number of pyridine rings is 2. The largest absolute Gasteiger partial charge is 0.0622 e. The maximum absolute atomic E-state index is 12.1. The first kappa shape index (κ1) is 79.1. The van der Waals surface area contributed by atoms with Gasteiger partial charge >= 0.3 is 35.0 Å². The molecule has 103 heavy (non-hydrogen) atoms. The molecule has 0 bridgehead atoms. The molecule has 2 saturated heterocycles. The van der Waals surface area contributed by atoms with Crippen LogP contribution in [0.5, 0.6) is 11.8 Å². The number of hydrogen-bond acceptors (Lipinski definition) is 12. The number of nitrogens with two attached hydrogens (primary N) is 2. The van der Waals surface area contributed by atoms with Crippen LogP contribution in [0.1, 0.15) is 46.8 Å². The van der Waals surface area contributed by atoms with E-state index in [0.29, 0.717) is 64.3 Å². The fourth-order valence-corrected chi connectivity index (χ4v) is 15.9. The van der Waals surface area contributed by atoms with E-state index < -0.39 is 44.8 Å². The van der Waals surface area contributed by atoms with Crippen molar-refractivity contribution in [2.45, 2.75) is 31.5 Å². The molecule has 6 N–H and O–H groups in total. The monoisotopic (exact) mass is 1650 g/mol. The average Bonchev–Trinajstić information content (AvgIpc) is 1.62. The van der Waals surface area contributed by atoms with Gasteiger partial charge in [-0.1, -0.05) is 219 Å². The molecule has 0 saturated carbocycles. The number of aromatic nitrogens is 6. The van der Waals surface area contributed by atoms with E-state index >= 15 is 0 Å². The number of aliphatic hydroxyl groups is 2.